The molecule has 0 unspecified atom stereocenters. The molecule has 0 radical (unpaired) electrons. The molecule has 34 heavy (non-hydrogen) atoms. The lowest BCUT2D eigenvalue weighted by molar-refractivity contribution is 0.509. The molecule has 1 aliphatic carbocycles. The summed E-state index contributed by atoms with van der Waals surface area (Å²) in [7, 11) is 0. The molecule has 3 heteroatoms. The van der Waals surface area contributed by atoms with E-state index in [1.165, 1.54) is 22.3 Å². The van der Waals surface area contributed by atoms with Gasteiger partial charge >= 0.3 is 0 Å². The molecule has 0 amide bonds. The fourth-order valence-electron chi connectivity index (χ4n) is 5.19. The molecule has 4 aromatic carbocycles. The Morgan fingerprint density at radius 1 is 0.618 bits per heavy atom. The monoisotopic (exact) mass is 441 g/mol. The topological polar surface area (TPSA) is 28.0 Å². The van der Waals surface area contributed by atoms with Crippen molar-refractivity contribution in [1.82, 2.24) is 0 Å². The van der Waals surface area contributed by atoms with Gasteiger partial charge in [0, 0.05) is 27.8 Å². The maximum absolute atomic E-state index is 5.54. The van der Waals surface area contributed by atoms with Crippen LogP contribution in [0.2, 0.25) is 0 Å². The molecule has 0 saturated carbocycles. The molecule has 1 aliphatic heterocycles. The minimum atomic E-state index is -0.746. The number of hydrogen-bond donors (Lipinski definition) is 0. The Bertz CT molecular complexity index is 1380. The maximum Gasteiger partial charge on any atom is 0.192 e. The highest BCUT2D eigenvalue weighted by atomic mass is 15.4. The van der Waals surface area contributed by atoms with Gasteiger partial charge in [-0.2, -0.15) is 0 Å². The van der Waals surface area contributed by atoms with Crippen LogP contribution >= 0.6 is 0 Å². The number of fused-ring (bicyclic) bond motifs is 5. The molecule has 0 atom stereocenters. The molecule has 1 heterocycles. The summed E-state index contributed by atoms with van der Waals surface area (Å²) >= 11 is 0. The minimum Gasteiger partial charge on any atom is -0.296 e. The quantitative estimate of drug-likeness (QED) is 0.321. The van der Waals surface area contributed by atoms with Gasteiger partial charge in [-0.15, -0.1) is 0 Å². The molecule has 0 aromatic heterocycles. The summed E-state index contributed by atoms with van der Waals surface area (Å²) in [6.07, 6.45) is 0. The van der Waals surface area contributed by atoms with E-state index >= 15 is 0 Å². The van der Waals surface area contributed by atoms with Crippen LogP contribution in [-0.4, -0.2) is 11.7 Å². The lowest BCUT2D eigenvalue weighted by Gasteiger charge is -2.47. The van der Waals surface area contributed by atoms with Gasteiger partial charge in [0.1, 0.15) is 5.84 Å². The summed E-state index contributed by atoms with van der Waals surface area (Å²) in [6.45, 7) is 6.70. The van der Waals surface area contributed by atoms with Crippen molar-refractivity contribution in [3.05, 3.63) is 126 Å². The smallest absolute Gasteiger partial charge is 0.192 e. The van der Waals surface area contributed by atoms with E-state index in [4.69, 9.17) is 9.98 Å². The van der Waals surface area contributed by atoms with Gasteiger partial charge in [0.15, 0.2) is 11.5 Å². The van der Waals surface area contributed by atoms with Gasteiger partial charge in [-0.25, -0.2) is 9.98 Å². The zero-order valence-corrected chi connectivity index (χ0v) is 19.7. The molecule has 166 valence electrons. The number of para-hydroxylation sites is 1. The standard InChI is InChI=1S/C31H27N3/c1-30(2,3)29-32-28(22-14-6-4-7-15-22)33-31(34(29)23-16-8-5-9-17-23)26-20-12-10-18-24(26)25-19-11-13-21-27(25)31/h4-21H,1-3H3. The van der Waals surface area contributed by atoms with Crippen molar-refractivity contribution in [3.8, 4) is 11.1 Å². The zero-order chi connectivity index (χ0) is 23.3. The molecular formula is C31H27N3. The van der Waals surface area contributed by atoms with E-state index in [-0.39, 0.29) is 5.41 Å². The van der Waals surface area contributed by atoms with Crippen LogP contribution in [0.15, 0.2) is 119 Å². The second-order valence-corrected chi connectivity index (χ2v) is 9.92. The van der Waals surface area contributed by atoms with Gasteiger partial charge < -0.3 is 0 Å². The Kier molecular flexibility index (Phi) is 4.56. The predicted molar refractivity (Wildman–Crippen MR) is 141 cm³/mol. The Morgan fingerprint density at radius 2 is 1.12 bits per heavy atom. The number of aliphatic imine (C=N–C) groups is 2. The molecular weight excluding hydrogens is 414 g/mol. The summed E-state index contributed by atoms with van der Waals surface area (Å²) in [4.78, 5) is 13.1. The van der Waals surface area contributed by atoms with Gasteiger partial charge in [-0.3, -0.25) is 4.90 Å². The number of anilines is 1. The van der Waals surface area contributed by atoms with E-state index < -0.39 is 5.66 Å². The molecule has 6 rings (SSSR count). The van der Waals surface area contributed by atoms with Crippen LogP contribution in [0.4, 0.5) is 5.69 Å². The van der Waals surface area contributed by atoms with E-state index in [2.05, 4.69) is 129 Å². The van der Waals surface area contributed by atoms with Crippen molar-refractivity contribution in [3.63, 3.8) is 0 Å². The molecule has 4 aromatic rings. The first-order chi connectivity index (χ1) is 16.5. The molecule has 2 aliphatic rings. The second kappa shape index (κ2) is 7.53. The molecule has 0 N–H and O–H groups in total. The van der Waals surface area contributed by atoms with Crippen LogP contribution in [0.3, 0.4) is 0 Å². The van der Waals surface area contributed by atoms with Gasteiger partial charge in [0.25, 0.3) is 0 Å². The summed E-state index contributed by atoms with van der Waals surface area (Å²) in [6, 6.07) is 38.3. The summed E-state index contributed by atoms with van der Waals surface area (Å²) in [5.41, 5.74) is 5.97. The first-order valence-electron chi connectivity index (χ1n) is 11.8. The average molecular weight is 442 g/mol. The maximum atomic E-state index is 5.54. The molecule has 3 nitrogen and oxygen atoms in total. The second-order valence-electron chi connectivity index (χ2n) is 9.92. The van der Waals surface area contributed by atoms with Gasteiger partial charge in [-0.05, 0) is 23.3 Å². The van der Waals surface area contributed by atoms with Crippen molar-refractivity contribution in [2.75, 3.05) is 4.90 Å². The van der Waals surface area contributed by atoms with E-state index in [9.17, 15) is 0 Å². The van der Waals surface area contributed by atoms with Crippen LogP contribution in [0, 0.1) is 5.41 Å². The van der Waals surface area contributed by atoms with Crippen molar-refractivity contribution >= 4 is 17.4 Å². The number of rotatable bonds is 2. The van der Waals surface area contributed by atoms with E-state index in [1.54, 1.807) is 0 Å². The third-order valence-corrected chi connectivity index (χ3v) is 6.63. The average Bonchev–Trinajstić information content (AvgIpc) is 3.14. The number of benzene rings is 4. The Morgan fingerprint density at radius 3 is 1.68 bits per heavy atom. The number of nitrogens with zero attached hydrogens (tertiary/aromatic N) is 3. The van der Waals surface area contributed by atoms with Crippen LogP contribution in [-0.2, 0) is 5.66 Å². The SMILES string of the molecule is CC(C)(C)C1=NC(c2ccccc2)=NC2(c3ccccc3-c3ccccc32)N1c1ccccc1. The fraction of sp³-hybridized carbons (Fsp3) is 0.161. The van der Waals surface area contributed by atoms with E-state index in [1.807, 2.05) is 6.07 Å². The van der Waals surface area contributed by atoms with Gasteiger partial charge in [-0.1, -0.05) is 118 Å². The van der Waals surface area contributed by atoms with E-state index in [0.717, 1.165) is 22.9 Å². The van der Waals surface area contributed by atoms with Crippen molar-refractivity contribution in [2.24, 2.45) is 15.4 Å². The lowest BCUT2D eigenvalue weighted by Crippen LogP contribution is -2.55. The highest BCUT2D eigenvalue weighted by Crippen LogP contribution is 2.55. The normalized spacial score (nSPS) is 16.0. The summed E-state index contributed by atoms with van der Waals surface area (Å²) < 4.78 is 0. The third-order valence-electron chi connectivity index (χ3n) is 6.63. The Hall–Kier alpha value is -3.98. The third kappa shape index (κ3) is 2.97. The fourth-order valence-corrected chi connectivity index (χ4v) is 5.19. The molecule has 0 saturated heterocycles. The largest absolute Gasteiger partial charge is 0.296 e. The highest BCUT2D eigenvalue weighted by Gasteiger charge is 2.53. The van der Waals surface area contributed by atoms with Gasteiger partial charge in [0.05, 0.1) is 0 Å². The van der Waals surface area contributed by atoms with Crippen LogP contribution in [0.25, 0.3) is 11.1 Å². The number of amidine groups is 2. The van der Waals surface area contributed by atoms with Crippen LogP contribution in [0.1, 0.15) is 37.5 Å². The first kappa shape index (κ1) is 20.6. The number of hydrogen-bond acceptors (Lipinski definition) is 3. The molecule has 0 bridgehead atoms. The first-order valence-corrected chi connectivity index (χ1v) is 11.8. The van der Waals surface area contributed by atoms with Crippen LogP contribution in [0.5, 0.6) is 0 Å². The van der Waals surface area contributed by atoms with Gasteiger partial charge in [0.2, 0.25) is 0 Å². The summed E-state index contributed by atoms with van der Waals surface area (Å²) in [5.74, 6) is 1.77. The lowest BCUT2D eigenvalue weighted by atomic mass is 9.86. The Labute approximate surface area is 201 Å². The van der Waals surface area contributed by atoms with Crippen molar-refractivity contribution in [2.45, 2.75) is 26.4 Å². The summed E-state index contributed by atoms with van der Waals surface area (Å²) in [5, 5.41) is 0. The highest BCUT2D eigenvalue weighted by molar-refractivity contribution is 6.16. The Balaban J connectivity index is 1.76. The zero-order valence-electron chi connectivity index (χ0n) is 19.7. The van der Waals surface area contributed by atoms with Crippen molar-refractivity contribution < 1.29 is 0 Å². The molecule has 1 spiro atoms. The van der Waals surface area contributed by atoms with E-state index in [0.29, 0.717) is 0 Å². The van der Waals surface area contributed by atoms with Crippen molar-refractivity contribution in [1.29, 1.82) is 0 Å². The van der Waals surface area contributed by atoms with Crippen LogP contribution < -0.4 is 4.90 Å². The minimum absolute atomic E-state index is 0.217. The predicted octanol–water partition coefficient (Wildman–Crippen LogP) is 7.28. The molecule has 0 fully saturated rings.